The van der Waals surface area contributed by atoms with Crippen molar-refractivity contribution < 1.29 is 4.74 Å². The third kappa shape index (κ3) is 5.24. The Balaban J connectivity index is 1.85. The SMILES string of the molecule is Cc1ccc(CC(N)=NCC(C)Oc2cccc(C)c2)cc1. The molecule has 2 rings (SSSR count). The maximum absolute atomic E-state index is 6.00. The van der Waals surface area contributed by atoms with Crippen LogP contribution < -0.4 is 10.5 Å². The molecule has 0 spiro atoms. The molecule has 0 radical (unpaired) electrons. The van der Waals surface area contributed by atoms with E-state index in [9.17, 15) is 0 Å². The number of rotatable bonds is 6. The van der Waals surface area contributed by atoms with Gasteiger partial charge in [-0.2, -0.15) is 0 Å². The van der Waals surface area contributed by atoms with E-state index in [0.717, 1.165) is 5.75 Å². The number of nitrogens with two attached hydrogens (primary N) is 1. The predicted octanol–water partition coefficient (Wildman–Crippen LogP) is 3.67. The average Bonchev–Trinajstić information content (AvgIpc) is 2.48. The first kappa shape index (κ1) is 16.1. The van der Waals surface area contributed by atoms with Crippen LogP contribution >= 0.6 is 0 Å². The van der Waals surface area contributed by atoms with Gasteiger partial charge in [-0.25, -0.2) is 0 Å². The molecule has 0 bridgehead atoms. The first-order valence-corrected chi connectivity index (χ1v) is 7.60. The molecular weight excluding hydrogens is 272 g/mol. The molecular formula is C19H24N2O. The number of amidine groups is 1. The van der Waals surface area contributed by atoms with E-state index in [1.165, 1.54) is 16.7 Å². The molecule has 0 amide bonds. The molecule has 0 saturated heterocycles. The second-order valence-electron chi connectivity index (χ2n) is 5.74. The molecule has 2 N–H and O–H groups in total. The van der Waals surface area contributed by atoms with Crippen molar-refractivity contribution in [2.45, 2.75) is 33.3 Å². The summed E-state index contributed by atoms with van der Waals surface area (Å²) in [6.45, 7) is 6.69. The summed E-state index contributed by atoms with van der Waals surface area (Å²) in [4.78, 5) is 4.43. The Morgan fingerprint density at radius 2 is 1.82 bits per heavy atom. The topological polar surface area (TPSA) is 47.6 Å². The Morgan fingerprint density at radius 1 is 1.09 bits per heavy atom. The first-order valence-electron chi connectivity index (χ1n) is 7.60. The van der Waals surface area contributed by atoms with Crippen molar-refractivity contribution in [1.29, 1.82) is 0 Å². The van der Waals surface area contributed by atoms with E-state index in [-0.39, 0.29) is 6.10 Å². The quantitative estimate of drug-likeness (QED) is 0.653. The third-order valence-electron chi connectivity index (χ3n) is 3.38. The summed E-state index contributed by atoms with van der Waals surface area (Å²) >= 11 is 0. The molecule has 1 unspecified atom stereocenters. The van der Waals surface area contributed by atoms with Crippen LogP contribution in [0.1, 0.15) is 23.6 Å². The highest BCUT2D eigenvalue weighted by Gasteiger charge is 2.04. The minimum atomic E-state index is -0.00151. The Morgan fingerprint density at radius 3 is 2.50 bits per heavy atom. The molecule has 1 atom stereocenters. The molecule has 0 saturated carbocycles. The second kappa shape index (κ2) is 7.64. The lowest BCUT2D eigenvalue weighted by Gasteiger charge is -2.13. The van der Waals surface area contributed by atoms with Crippen molar-refractivity contribution in [2.24, 2.45) is 10.7 Å². The van der Waals surface area contributed by atoms with E-state index in [0.29, 0.717) is 18.8 Å². The summed E-state index contributed by atoms with van der Waals surface area (Å²) < 4.78 is 5.85. The summed E-state index contributed by atoms with van der Waals surface area (Å²) in [5.41, 5.74) is 9.62. The van der Waals surface area contributed by atoms with Gasteiger partial charge in [0.05, 0.1) is 12.4 Å². The van der Waals surface area contributed by atoms with Crippen molar-refractivity contribution in [3.8, 4) is 5.75 Å². The van der Waals surface area contributed by atoms with Crippen molar-refractivity contribution in [3.05, 3.63) is 65.2 Å². The Bertz CT molecular complexity index is 632. The summed E-state index contributed by atoms with van der Waals surface area (Å²) in [5.74, 6) is 1.52. The highest BCUT2D eigenvalue weighted by Crippen LogP contribution is 2.14. The molecule has 0 aliphatic carbocycles. The van der Waals surface area contributed by atoms with Gasteiger partial charge in [0.15, 0.2) is 0 Å². The fourth-order valence-electron chi connectivity index (χ4n) is 2.18. The van der Waals surface area contributed by atoms with Gasteiger partial charge in [0.1, 0.15) is 11.9 Å². The van der Waals surface area contributed by atoms with Gasteiger partial charge in [0.2, 0.25) is 0 Å². The van der Waals surface area contributed by atoms with Gasteiger partial charge in [-0.1, -0.05) is 42.0 Å². The molecule has 0 aliphatic rings. The predicted molar refractivity (Wildman–Crippen MR) is 92.6 cm³/mol. The van der Waals surface area contributed by atoms with Gasteiger partial charge in [-0.15, -0.1) is 0 Å². The zero-order valence-corrected chi connectivity index (χ0v) is 13.5. The van der Waals surface area contributed by atoms with Crippen LogP contribution in [0.4, 0.5) is 0 Å². The standard InChI is InChI=1S/C19H24N2O/c1-14-7-9-17(10-8-14)12-19(20)21-13-16(3)22-18-6-4-5-15(2)11-18/h4-11,16H,12-13H2,1-3H3,(H2,20,21). The van der Waals surface area contributed by atoms with Crippen molar-refractivity contribution in [1.82, 2.24) is 0 Å². The zero-order valence-electron chi connectivity index (χ0n) is 13.5. The van der Waals surface area contributed by atoms with Gasteiger partial charge in [0.25, 0.3) is 0 Å². The molecule has 3 heteroatoms. The van der Waals surface area contributed by atoms with Crippen molar-refractivity contribution in [3.63, 3.8) is 0 Å². The Hall–Kier alpha value is -2.29. The van der Waals surface area contributed by atoms with E-state index in [1.54, 1.807) is 0 Å². The molecule has 22 heavy (non-hydrogen) atoms. The summed E-state index contributed by atoms with van der Waals surface area (Å²) in [6.07, 6.45) is 0.677. The highest BCUT2D eigenvalue weighted by atomic mass is 16.5. The number of hydrogen-bond acceptors (Lipinski definition) is 2. The largest absolute Gasteiger partial charge is 0.489 e. The van der Waals surface area contributed by atoms with E-state index in [4.69, 9.17) is 10.5 Å². The first-order chi connectivity index (χ1) is 10.5. The van der Waals surface area contributed by atoms with Crippen molar-refractivity contribution in [2.75, 3.05) is 6.54 Å². The molecule has 3 nitrogen and oxygen atoms in total. The minimum absolute atomic E-state index is 0.00151. The summed E-state index contributed by atoms with van der Waals surface area (Å²) in [5, 5.41) is 0. The number of ether oxygens (including phenoxy) is 1. The molecule has 0 heterocycles. The van der Waals surface area contributed by atoms with Crippen LogP contribution in [0, 0.1) is 13.8 Å². The van der Waals surface area contributed by atoms with Gasteiger partial charge in [-0.05, 0) is 44.0 Å². The second-order valence-corrected chi connectivity index (χ2v) is 5.74. The summed E-state index contributed by atoms with van der Waals surface area (Å²) in [6, 6.07) is 16.4. The maximum Gasteiger partial charge on any atom is 0.120 e. The summed E-state index contributed by atoms with van der Waals surface area (Å²) in [7, 11) is 0. The highest BCUT2D eigenvalue weighted by molar-refractivity contribution is 5.82. The van der Waals surface area contributed by atoms with Crippen LogP contribution in [0.3, 0.4) is 0 Å². The normalized spacial score (nSPS) is 13.0. The monoisotopic (exact) mass is 296 g/mol. The molecule has 0 aliphatic heterocycles. The van der Waals surface area contributed by atoms with E-state index in [1.807, 2.05) is 25.1 Å². The van der Waals surface area contributed by atoms with Crippen LogP contribution in [0.2, 0.25) is 0 Å². The van der Waals surface area contributed by atoms with Crippen LogP contribution in [-0.2, 0) is 6.42 Å². The van der Waals surface area contributed by atoms with E-state index < -0.39 is 0 Å². The third-order valence-corrected chi connectivity index (χ3v) is 3.38. The van der Waals surface area contributed by atoms with Crippen LogP contribution in [-0.4, -0.2) is 18.5 Å². The smallest absolute Gasteiger partial charge is 0.120 e. The Labute approximate surface area is 132 Å². The van der Waals surface area contributed by atoms with Crippen LogP contribution in [0.15, 0.2) is 53.5 Å². The van der Waals surface area contributed by atoms with Gasteiger partial charge < -0.3 is 10.5 Å². The number of nitrogens with zero attached hydrogens (tertiary/aromatic N) is 1. The lowest BCUT2D eigenvalue weighted by molar-refractivity contribution is 0.230. The lowest BCUT2D eigenvalue weighted by Crippen LogP contribution is -2.21. The molecule has 116 valence electrons. The Kier molecular flexibility index (Phi) is 5.59. The lowest BCUT2D eigenvalue weighted by atomic mass is 10.1. The average molecular weight is 296 g/mol. The van der Waals surface area contributed by atoms with Gasteiger partial charge in [0, 0.05) is 6.42 Å². The van der Waals surface area contributed by atoms with E-state index >= 15 is 0 Å². The van der Waals surface area contributed by atoms with Gasteiger partial charge >= 0.3 is 0 Å². The van der Waals surface area contributed by atoms with Crippen molar-refractivity contribution >= 4 is 5.84 Å². The molecule has 0 fully saturated rings. The fourth-order valence-corrected chi connectivity index (χ4v) is 2.18. The minimum Gasteiger partial charge on any atom is -0.489 e. The molecule has 0 aromatic heterocycles. The van der Waals surface area contributed by atoms with Crippen LogP contribution in [0.5, 0.6) is 5.75 Å². The molecule has 2 aromatic carbocycles. The fraction of sp³-hybridized carbons (Fsp3) is 0.316. The van der Waals surface area contributed by atoms with Gasteiger partial charge in [-0.3, -0.25) is 4.99 Å². The number of hydrogen-bond donors (Lipinski definition) is 1. The molecule has 2 aromatic rings. The number of aryl methyl sites for hydroxylation is 2. The number of aliphatic imine (C=N–C) groups is 1. The number of benzene rings is 2. The maximum atomic E-state index is 6.00. The van der Waals surface area contributed by atoms with E-state index in [2.05, 4.69) is 49.2 Å². The zero-order chi connectivity index (χ0) is 15.9. The van der Waals surface area contributed by atoms with Crippen LogP contribution in [0.25, 0.3) is 0 Å².